The molecule has 1 atom stereocenters. The van der Waals surface area contributed by atoms with Crippen LogP contribution in [0.25, 0.3) is 0 Å². The van der Waals surface area contributed by atoms with Gasteiger partial charge in [-0.05, 0) is 37.3 Å². The molecule has 3 rings (SSSR count). The minimum atomic E-state index is -3.65. The van der Waals surface area contributed by atoms with Gasteiger partial charge in [0, 0.05) is 36.9 Å². The van der Waals surface area contributed by atoms with E-state index in [1.54, 1.807) is 36.1 Å². The third-order valence-corrected chi connectivity index (χ3v) is 6.32. The second-order valence-corrected chi connectivity index (χ2v) is 9.16. The van der Waals surface area contributed by atoms with Crippen LogP contribution in [0.3, 0.4) is 0 Å². The normalized spacial score (nSPS) is 16.0. The van der Waals surface area contributed by atoms with Crippen LogP contribution in [0.15, 0.2) is 54.6 Å². The largest absolute Gasteiger partial charge is 0.368 e. The van der Waals surface area contributed by atoms with Crippen molar-refractivity contribution in [1.82, 2.24) is 4.90 Å². The number of piperazine rings is 1. The van der Waals surface area contributed by atoms with Crippen LogP contribution in [0.4, 0.5) is 11.4 Å². The summed E-state index contributed by atoms with van der Waals surface area (Å²) >= 11 is 6.02. The van der Waals surface area contributed by atoms with Gasteiger partial charge < -0.3 is 9.80 Å². The Balaban J connectivity index is 1.74. The van der Waals surface area contributed by atoms with Crippen LogP contribution in [0.5, 0.6) is 0 Å². The fourth-order valence-corrected chi connectivity index (χ4v) is 4.85. The Bertz CT molecular complexity index is 929. The van der Waals surface area contributed by atoms with Crippen molar-refractivity contribution < 1.29 is 13.2 Å². The van der Waals surface area contributed by atoms with E-state index in [9.17, 15) is 13.2 Å². The molecule has 6 nitrogen and oxygen atoms in total. The van der Waals surface area contributed by atoms with Crippen LogP contribution in [0, 0.1) is 0 Å². The summed E-state index contributed by atoms with van der Waals surface area (Å²) in [5.74, 6) is -0.210. The van der Waals surface area contributed by atoms with Gasteiger partial charge in [0.25, 0.3) is 0 Å². The summed E-state index contributed by atoms with van der Waals surface area (Å²) in [6.45, 7) is 4.13. The maximum atomic E-state index is 13.1. The van der Waals surface area contributed by atoms with Crippen molar-refractivity contribution in [2.24, 2.45) is 0 Å². The lowest BCUT2D eigenvalue weighted by atomic mass is 10.2. The monoisotopic (exact) mass is 421 g/mol. The molecule has 2 aromatic rings. The standard InChI is InChI=1S/C20H24ClN3O3S/c1-16(24(28(2,26)27)19-10-6-7-17(21)15-19)20(25)23-13-11-22(12-14-23)18-8-4-3-5-9-18/h3-10,15-16H,11-14H2,1-2H3. The maximum absolute atomic E-state index is 13.1. The highest BCUT2D eigenvalue weighted by Crippen LogP contribution is 2.25. The summed E-state index contributed by atoms with van der Waals surface area (Å²) in [7, 11) is -3.65. The minimum Gasteiger partial charge on any atom is -0.368 e. The number of sulfonamides is 1. The first-order valence-corrected chi connectivity index (χ1v) is 11.3. The summed E-state index contributed by atoms with van der Waals surface area (Å²) < 4.78 is 26.0. The number of benzene rings is 2. The van der Waals surface area contributed by atoms with Gasteiger partial charge in [0.1, 0.15) is 6.04 Å². The highest BCUT2D eigenvalue weighted by atomic mass is 35.5. The number of carbonyl (C=O) groups is 1. The zero-order valence-corrected chi connectivity index (χ0v) is 17.5. The maximum Gasteiger partial charge on any atom is 0.246 e. The summed E-state index contributed by atoms with van der Waals surface area (Å²) in [6.07, 6.45) is 1.10. The van der Waals surface area contributed by atoms with Crippen molar-refractivity contribution in [3.05, 3.63) is 59.6 Å². The van der Waals surface area contributed by atoms with Crippen molar-refractivity contribution in [1.29, 1.82) is 0 Å². The van der Waals surface area contributed by atoms with Gasteiger partial charge in [-0.25, -0.2) is 8.42 Å². The molecule has 8 heteroatoms. The number of anilines is 2. The Morgan fingerprint density at radius 2 is 1.68 bits per heavy atom. The molecule has 1 fully saturated rings. The van der Waals surface area contributed by atoms with Gasteiger partial charge in [0.15, 0.2) is 0 Å². The molecule has 1 heterocycles. The zero-order valence-electron chi connectivity index (χ0n) is 16.0. The second-order valence-electron chi connectivity index (χ2n) is 6.86. The number of amides is 1. The zero-order chi connectivity index (χ0) is 20.3. The molecule has 1 aliphatic rings. The number of hydrogen-bond donors (Lipinski definition) is 0. The SMILES string of the molecule is CC(C(=O)N1CCN(c2ccccc2)CC1)N(c1cccc(Cl)c1)S(C)(=O)=O. The van der Waals surface area contributed by atoms with E-state index in [1.807, 2.05) is 30.3 Å². The van der Waals surface area contributed by atoms with Gasteiger partial charge in [-0.2, -0.15) is 0 Å². The number of nitrogens with zero attached hydrogens (tertiary/aromatic N) is 3. The van der Waals surface area contributed by atoms with E-state index >= 15 is 0 Å². The molecular formula is C20H24ClN3O3S. The van der Waals surface area contributed by atoms with Gasteiger partial charge in [-0.1, -0.05) is 35.9 Å². The van der Waals surface area contributed by atoms with Gasteiger partial charge in [0.2, 0.25) is 15.9 Å². The lowest BCUT2D eigenvalue weighted by molar-refractivity contribution is -0.132. The number of hydrogen-bond acceptors (Lipinski definition) is 4. The van der Waals surface area contributed by atoms with Crippen LogP contribution in [0.2, 0.25) is 5.02 Å². The van der Waals surface area contributed by atoms with Crippen LogP contribution in [-0.4, -0.2) is 57.7 Å². The first-order valence-electron chi connectivity index (χ1n) is 9.11. The van der Waals surface area contributed by atoms with E-state index in [2.05, 4.69) is 4.90 Å². The molecule has 0 bridgehead atoms. The Morgan fingerprint density at radius 3 is 2.25 bits per heavy atom. The lowest BCUT2D eigenvalue weighted by Gasteiger charge is -2.39. The van der Waals surface area contributed by atoms with Crippen LogP contribution >= 0.6 is 11.6 Å². The van der Waals surface area contributed by atoms with Gasteiger partial charge in [-0.15, -0.1) is 0 Å². The first-order chi connectivity index (χ1) is 13.3. The number of halogens is 1. The van der Waals surface area contributed by atoms with Crippen molar-refractivity contribution in [2.75, 3.05) is 41.6 Å². The third-order valence-electron chi connectivity index (χ3n) is 4.84. The Hall–Kier alpha value is -2.25. The highest BCUT2D eigenvalue weighted by Gasteiger charge is 2.33. The highest BCUT2D eigenvalue weighted by molar-refractivity contribution is 7.92. The molecule has 1 aliphatic heterocycles. The average Bonchev–Trinajstić information content (AvgIpc) is 2.67. The third kappa shape index (κ3) is 4.59. The molecule has 1 unspecified atom stereocenters. The number of carbonyl (C=O) groups excluding carboxylic acids is 1. The van der Waals surface area contributed by atoms with Crippen LogP contribution in [0.1, 0.15) is 6.92 Å². The Morgan fingerprint density at radius 1 is 1.04 bits per heavy atom. The lowest BCUT2D eigenvalue weighted by Crippen LogP contribution is -2.55. The molecule has 150 valence electrons. The van der Waals surface area contributed by atoms with E-state index in [4.69, 9.17) is 11.6 Å². The van der Waals surface area contributed by atoms with Crippen molar-refractivity contribution in [2.45, 2.75) is 13.0 Å². The predicted octanol–water partition coefficient (Wildman–Crippen LogP) is 2.84. The molecule has 0 saturated carbocycles. The second kappa shape index (κ2) is 8.41. The smallest absolute Gasteiger partial charge is 0.246 e. The molecule has 2 aromatic carbocycles. The summed E-state index contributed by atoms with van der Waals surface area (Å²) in [5.41, 5.74) is 1.51. The van der Waals surface area contributed by atoms with Crippen molar-refractivity contribution in [3.63, 3.8) is 0 Å². The summed E-state index contributed by atoms with van der Waals surface area (Å²) in [5, 5.41) is 0.419. The van der Waals surface area contributed by atoms with E-state index < -0.39 is 16.1 Å². The Kier molecular flexibility index (Phi) is 6.15. The van der Waals surface area contributed by atoms with Gasteiger partial charge in [0.05, 0.1) is 11.9 Å². The van der Waals surface area contributed by atoms with E-state index in [0.29, 0.717) is 36.9 Å². The molecule has 0 spiro atoms. The number of para-hydroxylation sites is 1. The molecule has 0 radical (unpaired) electrons. The van der Waals surface area contributed by atoms with Crippen molar-refractivity contribution in [3.8, 4) is 0 Å². The van der Waals surface area contributed by atoms with Crippen LogP contribution < -0.4 is 9.21 Å². The molecule has 0 aliphatic carbocycles. The van der Waals surface area contributed by atoms with Crippen molar-refractivity contribution >= 4 is 38.9 Å². The predicted molar refractivity (Wildman–Crippen MR) is 113 cm³/mol. The van der Waals surface area contributed by atoms with Gasteiger partial charge >= 0.3 is 0 Å². The van der Waals surface area contributed by atoms with E-state index in [-0.39, 0.29) is 5.91 Å². The van der Waals surface area contributed by atoms with E-state index in [0.717, 1.165) is 16.2 Å². The quantitative estimate of drug-likeness (QED) is 0.744. The fraction of sp³-hybridized carbons (Fsp3) is 0.350. The molecular weight excluding hydrogens is 398 g/mol. The molecule has 0 aromatic heterocycles. The topological polar surface area (TPSA) is 60.9 Å². The fourth-order valence-electron chi connectivity index (χ4n) is 3.50. The molecule has 28 heavy (non-hydrogen) atoms. The molecule has 1 amide bonds. The molecule has 0 N–H and O–H groups in total. The first kappa shape index (κ1) is 20.5. The number of rotatable bonds is 5. The average molecular weight is 422 g/mol. The summed E-state index contributed by atoms with van der Waals surface area (Å²) in [4.78, 5) is 17.0. The van der Waals surface area contributed by atoms with Crippen LogP contribution in [-0.2, 0) is 14.8 Å². The molecule has 1 saturated heterocycles. The van der Waals surface area contributed by atoms with E-state index in [1.165, 1.54) is 0 Å². The summed E-state index contributed by atoms with van der Waals surface area (Å²) in [6, 6.07) is 15.7. The Labute approximate surface area is 171 Å². The van der Waals surface area contributed by atoms with Gasteiger partial charge in [-0.3, -0.25) is 9.10 Å². The minimum absolute atomic E-state index is 0.210.